The van der Waals surface area contributed by atoms with E-state index in [4.69, 9.17) is 16.9 Å². The Bertz CT molecular complexity index is 1370. The molecule has 1 amide bonds. The Labute approximate surface area is 211 Å². The number of amides is 1. The Hall–Kier alpha value is -3.91. The fraction of sp³-hybridized carbons (Fsp3) is 0.261. The molecule has 1 aromatic heterocycles. The van der Waals surface area contributed by atoms with Crippen LogP contribution < -0.4 is 21.5 Å². The van der Waals surface area contributed by atoms with Crippen molar-refractivity contribution < 1.29 is 26.4 Å². The van der Waals surface area contributed by atoms with Gasteiger partial charge in [0.1, 0.15) is 0 Å². The van der Waals surface area contributed by atoms with Gasteiger partial charge in [0.2, 0.25) is 0 Å². The van der Waals surface area contributed by atoms with Gasteiger partial charge in [0.25, 0.3) is 15.9 Å². The Morgan fingerprint density at radius 3 is 2.32 bits per heavy atom. The highest BCUT2D eigenvalue weighted by atomic mass is 32.2. The van der Waals surface area contributed by atoms with E-state index in [0.717, 1.165) is 28.4 Å². The maximum absolute atomic E-state index is 13.4. The second kappa shape index (κ2) is 11.0. The van der Waals surface area contributed by atoms with E-state index in [2.05, 4.69) is 10.4 Å². The average Bonchev–Trinajstić information content (AvgIpc) is 3.28. The molecule has 0 aliphatic heterocycles. The molecule has 0 saturated heterocycles. The second-order valence-corrected chi connectivity index (χ2v) is 9.93. The fourth-order valence-electron chi connectivity index (χ4n) is 3.36. The van der Waals surface area contributed by atoms with Crippen molar-refractivity contribution in [2.75, 3.05) is 6.54 Å². The third-order valence-corrected chi connectivity index (χ3v) is 6.68. The standard InChI is InChI=1S/C23H26F3N7O3S/c1-14-4-6-15(7-5-14)19-13-20(23(24,25)26)31-33(19)16-8-10-17(11-9-16)37(35,36)32-21(34)18(27)3-2-12-30-22(28)29/h4-11,13,18H,2-3,12,27H2,1H3,(H,32,34)(H4,28,29,30). The fourth-order valence-corrected chi connectivity index (χ4v) is 4.38. The largest absolute Gasteiger partial charge is 0.435 e. The highest BCUT2D eigenvalue weighted by Gasteiger charge is 2.35. The first-order chi connectivity index (χ1) is 17.3. The van der Waals surface area contributed by atoms with Gasteiger partial charge in [0, 0.05) is 12.1 Å². The van der Waals surface area contributed by atoms with Crippen molar-refractivity contribution in [1.82, 2.24) is 19.8 Å². The number of halogens is 3. The number of carbonyl (C=O) groups is 1. The van der Waals surface area contributed by atoms with Crippen LogP contribution in [-0.2, 0) is 21.0 Å². The summed E-state index contributed by atoms with van der Waals surface area (Å²) in [4.78, 5) is 12.0. The molecule has 1 heterocycles. The molecule has 0 radical (unpaired) electrons. The van der Waals surface area contributed by atoms with E-state index in [1.807, 2.05) is 11.6 Å². The first-order valence-corrected chi connectivity index (χ1v) is 12.5. The van der Waals surface area contributed by atoms with Gasteiger partial charge in [-0.15, -0.1) is 0 Å². The van der Waals surface area contributed by atoms with Crippen molar-refractivity contribution in [3.05, 3.63) is 65.9 Å². The highest BCUT2D eigenvalue weighted by Crippen LogP contribution is 2.33. The quantitative estimate of drug-likeness (QED) is 0.158. The number of rotatable bonds is 9. The van der Waals surface area contributed by atoms with Crippen LogP contribution in [0.4, 0.5) is 13.2 Å². The lowest BCUT2D eigenvalue weighted by Crippen LogP contribution is -2.43. The van der Waals surface area contributed by atoms with Crippen LogP contribution in [0.3, 0.4) is 0 Å². The Morgan fingerprint density at radius 2 is 1.76 bits per heavy atom. The maximum Gasteiger partial charge on any atom is 0.435 e. The summed E-state index contributed by atoms with van der Waals surface area (Å²) in [5, 5.41) is 13.3. The first-order valence-electron chi connectivity index (χ1n) is 11.0. The molecule has 7 N–H and O–H groups in total. The molecule has 1 unspecified atom stereocenters. The number of guanidine groups is 1. The minimum atomic E-state index is -4.68. The molecule has 1 atom stereocenters. The van der Waals surface area contributed by atoms with Crippen LogP contribution in [0.15, 0.2) is 59.5 Å². The summed E-state index contributed by atoms with van der Waals surface area (Å²) < 4.78 is 68.5. The molecule has 0 fully saturated rings. The Kier molecular flexibility index (Phi) is 8.23. The number of aryl methyl sites for hydroxylation is 1. The van der Waals surface area contributed by atoms with Crippen LogP contribution in [-0.4, -0.2) is 42.7 Å². The summed E-state index contributed by atoms with van der Waals surface area (Å²) in [5.74, 6) is -1.16. The molecule has 0 aliphatic carbocycles. The zero-order chi connectivity index (χ0) is 27.4. The average molecular weight is 538 g/mol. The highest BCUT2D eigenvalue weighted by molar-refractivity contribution is 7.90. The molecular weight excluding hydrogens is 511 g/mol. The van der Waals surface area contributed by atoms with E-state index in [0.29, 0.717) is 18.5 Å². The first kappa shape index (κ1) is 27.7. The zero-order valence-corrected chi connectivity index (χ0v) is 20.5. The van der Waals surface area contributed by atoms with Crippen molar-refractivity contribution in [2.45, 2.75) is 36.9 Å². The van der Waals surface area contributed by atoms with E-state index in [-0.39, 0.29) is 28.7 Å². The monoisotopic (exact) mass is 537 g/mol. The third kappa shape index (κ3) is 7.07. The van der Waals surface area contributed by atoms with Crippen molar-refractivity contribution in [2.24, 2.45) is 11.5 Å². The molecule has 10 nitrogen and oxygen atoms in total. The number of hydrogen-bond donors (Lipinski definition) is 5. The number of nitrogens with two attached hydrogens (primary N) is 2. The molecule has 198 valence electrons. The third-order valence-electron chi connectivity index (χ3n) is 5.32. The molecule has 3 rings (SSSR count). The molecule has 0 saturated carbocycles. The topological polar surface area (TPSA) is 169 Å². The normalized spacial score (nSPS) is 12.7. The molecule has 0 aliphatic rings. The number of sulfonamides is 1. The number of hydrogen-bond acceptors (Lipinski definition) is 6. The Balaban J connectivity index is 1.81. The number of benzene rings is 2. The van der Waals surface area contributed by atoms with Crippen LogP contribution in [0.2, 0.25) is 0 Å². The van der Waals surface area contributed by atoms with Crippen LogP contribution in [0, 0.1) is 12.3 Å². The van der Waals surface area contributed by atoms with Crippen molar-refractivity contribution in [3.8, 4) is 16.9 Å². The van der Waals surface area contributed by atoms with Gasteiger partial charge in [0.05, 0.1) is 22.3 Å². The predicted octanol–water partition coefficient (Wildman–Crippen LogP) is 2.26. The van der Waals surface area contributed by atoms with Crippen molar-refractivity contribution >= 4 is 21.9 Å². The number of nitrogens with one attached hydrogen (secondary N) is 3. The summed E-state index contributed by atoms with van der Waals surface area (Å²) in [5.41, 5.74) is 11.6. The van der Waals surface area contributed by atoms with Gasteiger partial charge >= 0.3 is 6.18 Å². The van der Waals surface area contributed by atoms with Crippen LogP contribution in [0.5, 0.6) is 0 Å². The second-order valence-electron chi connectivity index (χ2n) is 8.24. The van der Waals surface area contributed by atoms with Crippen LogP contribution in [0.25, 0.3) is 16.9 Å². The molecular formula is C23H26F3N7O3S. The summed E-state index contributed by atoms with van der Waals surface area (Å²) in [6.45, 7) is 2.14. The lowest BCUT2D eigenvalue weighted by atomic mass is 10.1. The van der Waals surface area contributed by atoms with Gasteiger partial charge < -0.3 is 16.8 Å². The molecule has 37 heavy (non-hydrogen) atoms. The van der Waals surface area contributed by atoms with E-state index in [1.165, 1.54) is 12.1 Å². The Morgan fingerprint density at radius 1 is 1.14 bits per heavy atom. The van der Waals surface area contributed by atoms with Gasteiger partial charge in [-0.25, -0.2) is 17.8 Å². The van der Waals surface area contributed by atoms with Gasteiger partial charge in [0.15, 0.2) is 11.7 Å². The molecule has 2 aromatic carbocycles. The smallest absolute Gasteiger partial charge is 0.370 e. The number of carbonyl (C=O) groups excluding carboxylic acids is 1. The van der Waals surface area contributed by atoms with E-state index in [9.17, 15) is 26.4 Å². The summed E-state index contributed by atoms with van der Waals surface area (Å²) in [7, 11) is -4.29. The lowest BCUT2D eigenvalue weighted by Gasteiger charge is -2.13. The van der Waals surface area contributed by atoms with Gasteiger partial charge in [-0.1, -0.05) is 29.8 Å². The van der Waals surface area contributed by atoms with Gasteiger partial charge in [-0.3, -0.25) is 10.2 Å². The van der Waals surface area contributed by atoms with Crippen LogP contribution in [0.1, 0.15) is 24.1 Å². The van der Waals surface area contributed by atoms with Crippen molar-refractivity contribution in [1.29, 1.82) is 5.41 Å². The van der Waals surface area contributed by atoms with Gasteiger partial charge in [-0.2, -0.15) is 18.3 Å². The van der Waals surface area contributed by atoms with E-state index < -0.39 is 33.8 Å². The number of aromatic nitrogens is 2. The van der Waals surface area contributed by atoms with E-state index in [1.54, 1.807) is 24.3 Å². The molecule has 0 bridgehead atoms. The summed E-state index contributed by atoms with van der Waals surface area (Å²) in [6.07, 6.45) is -4.17. The molecule has 3 aromatic rings. The number of nitrogens with zero attached hydrogens (tertiary/aromatic N) is 2. The molecule has 14 heteroatoms. The molecule has 0 spiro atoms. The minimum absolute atomic E-state index is 0.142. The summed E-state index contributed by atoms with van der Waals surface area (Å²) >= 11 is 0. The summed E-state index contributed by atoms with van der Waals surface area (Å²) in [6, 6.07) is 11.5. The van der Waals surface area contributed by atoms with E-state index >= 15 is 0 Å². The SMILES string of the molecule is Cc1ccc(-c2cc(C(F)(F)F)nn2-c2ccc(S(=O)(=O)NC(=O)C(N)CCCNC(=N)N)cc2)cc1. The number of alkyl halides is 3. The zero-order valence-electron chi connectivity index (χ0n) is 19.7. The minimum Gasteiger partial charge on any atom is -0.370 e. The van der Waals surface area contributed by atoms with Crippen LogP contribution >= 0.6 is 0 Å². The van der Waals surface area contributed by atoms with Gasteiger partial charge in [-0.05, 0) is 50.1 Å². The predicted molar refractivity (Wildman–Crippen MR) is 131 cm³/mol. The lowest BCUT2D eigenvalue weighted by molar-refractivity contribution is -0.141. The maximum atomic E-state index is 13.4. The van der Waals surface area contributed by atoms with Crippen molar-refractivity contribution in [3.63, 3.8) is 0 Å².